The van der Waals surface area contributed by atoms with Gasteiger partial charge in [-0.2, -0.15) is 0 Å². The molecule has 0 saturated heterocycles. The molecule has 1 aliphatic rings. The summed E-state index contributed by atoms with van der Waals surface area (Å²) < 4.78 is 0.894. The molecule has 1 saturated carbocycles. The Hall–Kier alpha value is -0.570. The van der Waals surface area contributed by atoms with E-state index in [1.807, 2.05) is 18.2 Å². The number of aromatic nitrogens is 1. The summed E-state index contributed by atoms with van der Waals surface area (Å²) in [7, 11) is 0. The molecule has 0 aromatic carbocycles. The van der Waals surface area contributed by atoms with E-state index in [-0.39, 0.29) is 0 Å². The monoisotopic (exact) mass is 254 g/mol. The first-order valence-corrected chi connectivity index (χ1v) is 5.95. The van der Waals surface area contributed by atoms with Crippen molar-refractivity contribution < 1.29 is 0 Å². The normalized spacial score (nSPS) is 24.7. The van der Waals surface area contributed by atoms with Gasteiger partial charge in [0.1, 0.15) is 10.4 Å². The SMILES string of the molecule is CCC1CC1CNc1cccc(Br)n1. The highest BCUT2D eigenvalue weighted by molar-refractivity contribution is 9.10. The summed E-state index contributed by atoms with van der Waals surface area (Å²) >= 11 is 3.36. The van der Waals surface area contributed by atoms with Gasteiger partial charge in [-0.1, -0.05) is 19.4 Å². The van der Waals surface area contributed by atoms with Gasteiger partial charge < -0.3 is 5.32 Å². The summed E-state index contributed by atoms with van der Waals surface area (Å²) in [6.45, 7) is 3.34. The van der Waals surface area contributed by atoms with Crippen molar-refractivity contribution in [2.75, 3.05) is 11.9 Å². The molecule has 1 N–H and O–H groups in total. The second kappa shape index (κ2) is 4.30. The summed E-state index contributed by atoms with van der Waals surface area (Å²) in [5.74, 6) is 2.80. The Morgan fingerprint density at radius 3 is 3.00 bits per heavy atom. The van der Waals surface area contributed by atoms with E-state index in [9.17, 15) is 0 Å². The maximum absolute atomic E-state index is 4.33. The molecular formula is C11H15BrN2. The largest absolute Gasteiger partial charge is 0.370 e. The van der Waals surface area contributed by atoms with Crippen LogP contribution in [0.15, 0.2) is 22.8 Å². The minimum Gasteiger partial charge on any atom is -0.370 e. The minimum absolute atomic E-state index is 0.876. The highest BCUT2D eigenvalue weighted by Gasteiger charge is 2.34. The first kappa shape index (κ1) is 9.97. The number of hydrogen-bond acceptors (Lipinski definition) is 2. The van der Waals surface area contributed by atoms with Gasteiger partial charge in [0.15, 0.2) is 0 Å². The second-order valence-electron chi connectivity index (χ2n) is 3.89. The van der Waals surface area contributed by atoms with Gasteiger partial charge in [0.2, 0.25) is 0 Å². The molecule has 1 aliphatic carbocycles. The van der Waals surface area contributed by atoms with Crippen LogP contribution in [0.3, 0.4) is 0 Å². The Morgan fingerprint density at radius 1 is 1.50 bits per heavy atom. The standard InChI is InChI=1S/C11H15BrN2/c1-2-8-6-9(8)7-13-11-5-3-4-10(12)14-11/h3-5,8-9H,2,6-7H2,1H3,(H,13,14). The third kappa shape index (κ3) is 2.47. The van der Waals surface area contributed by atoms with E-state index >= 15 is 0 Å². The quantitative estimate of drug-likeness (QED) is 0.835. The highest BCUT2D eigenvalue weighted by Crippen LogP contribution is 2.40. The number of halogens is 1. The molecule has 0 spiro atoms. The van der Waals surface area contributed by atoms with Gasteiger partial charge in [-0.25, -0.2) is 4.98 Å². The maximum Gasteiger partial charge on any atom is 0.127 e. The molecule has 2 unspecified atom stereocenters. The Labute approximate surface area is 93.3 Å². The van der Waals surface area contributed by atoms with Crippen molar-refractivity contribution in [3.8, 4) is 0 Å². The number of anilines is 1. The Kier molecular flexibility index (Phi) is 3.06. The third-order valence-corrected chi connectivity index (χ3v) is 3.30. The van der Waals surface area contributed by atoms with Crippen LogP contribution >= 0.6 is 15.9 Å². The molecule has 0 bridgehead atoms. The summed E-state index contributed by atoms with van der Waals surface area (Å²) in [4.78, 5) is 4.33. The number of nitrogens with one attached hydrogen (secondary N) is 1. The molecule has 14 heavy (non-hydrogen) atoms. The molecule has 2 rings (SSSR count). The van der Waals surface area contributed by atoms with E-state index in [0.717, 1.165) is 28.8 Å². The van der Waals surface area contributed by atoms with Crippen molar-refractivity contribution in [2.24, 2.45) is 11.8 Å². The average molecular weight is 255 g/mol. The van der Waals surface area contributed by atoms with Gasteiger partial charge >= 0.3 is 0 Å². The summed E-state index contributed by atoms with van der Waals surface area (Å²) in [6, 6.07) is 5.95. The van der Waals surface area contributed by atoms with Gasteiger partial charge in [-0.15, -0.1) is 0 Å². The number of hydrogen-bond donors (Lipinski definition) is 1. The Morgan fingerprint density at radius 2 is 2.36 bits per heavy atom. The summed E-state index contributed by atoms with van der Waals surface area (Å²) in [5, 5.41) is 3.37. The average Bonchev–Trinajstić information content (AvgIpc) is 2.93. The van der Waals surface area contributed by atoms with Crippen molar-refractivity contribution in [3.63, 3.8) is 0 Å². The fraction of sp³-hybridized carbons (Fsp3) is 0.545. The fourth-order valence-corrected chi connectivity index (χ4v) is 2.15. The van der Waals surface area contributed by atoms with Crippen LogP contribution in [0, 0.1) is 11.8 Å². The van der Waals surface area contributed by atoms with Crippen molar-refractivity contribution in [1.29, 1.82) is 0 Å². The van der Waals surface area contributed by atoms with Crippen LogP contribution < -0.4 is 5.32 Å². The molecule has 2 nitrogen and oxygen atoms in total. The lowest BCUT2D eigenvalue weighted by atomic mass is 10.2. The van der Waals surface area contributed by atoms with Crippen molar-refractivity contribution >= 4 is 21.7 Å². The van der Waals surface area contributed by atoms with E-state index < -0.39 is 0 Å². The van der Waals surface area contributed by atoms with Crippen LogP contribution in [0.1, 0.15) is 19.8 Å². The minimum atomic E-state index is 0.876. The van der Waals surface area contributed by atoms with Gasteiger partial charge in [0.25, 0.3) is 0 Å². The number of rotatable bonds is 4. The Bertz CT molecular complexity index is 314. The van der Waals surface area contributed by atoms with E-state index in [1.54, 1.807) is 0 Å². The van der Waals surface area contributed by atoms with Crippen LogP contribution in [0.2, 0.25) is 0 Å². The molecule has 0 radical (unpaired) electrons. The maximum atomic E-state index is 4.33. The van der Waals surface area contributed by atoms with E-state index in [2.05, 4.69) is 33.2 Å². The lowest BCUT2D eigenvalue weighted by Gasteiger charge is -2.04. The summed E-state index contributed by atoms with van der Waals surface area (Å²) in [6.07, 6.45) is 2.70. The fourth-order valence-electron chi connectivity index (χ4n) is 1.80. The highest BCUT2D eigenvalue weighted by atomic mass is 79.9. The van der Waals surface area contributed by atoms with Crippen LogP contribution in [0.4, 0.5) is 5.82 Å². The van der Waals surface area contributed by atoms with Crippen LogP contribution in [0.25, 0.3) is 0 Å². The zero-order valence-corrected chi connectivity index (χ0v) is 9.92. The predicted octanol–water partition coefficient (Wildman–Crippen LogP) is 3.30. The van der Waals surface area contributed by atoms with Crippen LogP contribution in [-0.4, -0.2) is 11.5 Å². The lowest BCUT2D eigenvalue weighted by Crippen LogP contribution is -2.06. The first-order chi connectivity index (χ1) is 6.79. The molecule has 3 heteroatoms. The number of pyridine rings is 1. The smallest absolute Gasteiger partial charge is 0.127 e. The first-order valence-electron chi connectivity index (χ1n) is 5.16. The lowest BCUT2D eigenvalue weighted by molar-refractivity contribution is 0.700. The van der Waals surface area contributed by atoms with Crippen molar-refractivity contribution in [3.05, 3.63) is 22.8 Å². The second-order valence-corrected chi connectivity index (χ2v) is 4.70. The van der Waals surface area contributed by atoms with Gasteiger partial charge in [-0.3, -0.25) is 0 Å². The molecule has 1 heterocycles. The van der Waals surface area contributed by atoms with Gasteiger partial charge in [0, 0.05) is 6.54 Å². The molecule has 76 valence electrons. The van der Waals surface area contributed by atoms with E-state index in [0.29, 0.717) is 0 Å². The molecule has 0 amide bonds. The third-order valence-electron chi connectivity index (χ3n) is 2.85. The van der Waals surface area contributed by atoms with E-state index in [4.69, 9.17) is 0 Å². The Balaban J connectivity index is 1.81. The van der Waals surface area contributed by atoms with E-state index in [1.165, 1.54) is 12.8 Å². The van der Waals surface area contributed by atoms with Crippen LogP contribution in [0.5, 0.6) is 0 Å². The number of nitrogens with zero attached hydrogens (tertiary/aromatic N) is 1. The molecule has 2 atom stereocenters. The van der Waals surface area contributed by atoms with Gasteiger partial charge in [0.05, 0.1) is 0 Å². The van der Waals surface area contributed by atoms with Crippen molar-refractivity contribution in [1.82, 2.24) is 4.98 Å². The zero-order chi connectivity index (χ0) is 9.97. The predicted molar refractivity (Wildman–Crippen MR) is 62.3 cm³/mol. The topological polar surface area (TPSA) is 24.9 Å². The molecular weight excluding hydrogens is 240 g/mol. The molecule has 0 aliphatic heterocycles. The molecule has 1 aromatic heterocycles. The zero-order valence-electron chi connectivity index (χ0n) is 8.33. The van der Waals surface area contributed by atoms with Crippen molar-refractivity contribution in [2.45, 2.75) is 19.8 Å². The molecule has 1 aromatic rings. The molecule has 1 fully saturated rings. The van der Waals surface area contributed by atoms with Crippen LogP contribution in [-0.2, 0) is 0 Å². The summed E-state index contributed by atoms with van der Waals surface area (Å²) in [5.41, 5.74) is 0. The van der Waals surface area contributed by atoms with Gasteiger partial charge in [-0.05, 0) is 46.3 Å².